The highest BCUT2D eigenvalue weighted by Crippen LogP contribution is 2.15. The maximum atomic E-state index is 12.0. The fourth-order valence-corrected chi connectivity index (χ4v) is 2.24. The van der Waals surface area contributed by atoms with Crippen LogP contribution in [0.15, 0.2) is 56.7 Å². The normalized spacial score (nSPS) is 10.8. The van der Waals surface area contributed by atoms with Gasteiger partial charge in [-0.1, -0.05) is 18.2 Å². The first-order chi connectivity index (χ1) is 9.16. The van der Waals surface area contributed by atoms with E-state index in [1.54, 1.807) is 24.4 Å². The van der Waals surface area contributed by atoms with Crippen LogP contribution in [0.25, 0.3) is 16.7 Å². The lowest BCUT2D eigenvalue weighted by molar-refractivity contribution is 0.925. The fourth-order valence-electron chi connectivity index (χ4n) is 1.91. The predicted octanol–water partition coefficient (Wildman–Crippen LogP) is 1.84. The number of hydrogen-bond acceptors (Lipinski definition) is 3. The average molecular weight is 318 g/mol. The number of halogens is 1. The van der Waals surface area contributed by atoms with Gasteiger partial charge in [-0.2, -0.15) is 0 Å². The molecule has 0 aliphatic rings. The Balaban J connectivity index is 2.49. The molecule has 0 unspecified atom stereocenters. The summed E-state index contributed by atoms with van der Waals surface area (Å²) < 4.78 is 2.06. The van der Waals surface area contributed by atoms with E-state index in [1.807, 2.05) is 18.2 Å². The van der Waals surface area contributed by atoms with Crippen LogP contribution in [0.2, 0.25) is 0 Å². The number of nitrogens with one attached hydrogen (secondary N) is 1. The van der Waals surface area contributed by atoms with E-state index >= 15 is 0 Å². The molecular weight excluding hydrogens is 310 g/mol. The molecule has 0 atom stereocenters. The van der Waals surface area contributed by atoms with Crippen molar-refractivity contribution in [3.63, 3.8) is 0 Å². The molecule has 0 fully saturated rings. The highest BCUT2D eigenvalue weighted by atomic mass is 79.9. The monoisotopic (exact) mass is 317 g/mol. The molecule has 5 nitrogen and oxygen atoms in total. The SMILES string of the molecule is O=c1[nH]c(=O)n(-c2ccccc2)c2ncc(Br)cc12. The molecule has 0 radical (unpaired) electrons. The van der Waals surface area contributed by atoms with Crippen LogP contribution < -0.4 is 11.2 Å². The van der Waals surface area contributed by atoms with Crippen LogP contribution in [0.4, 0.5) is 0 Å². The van der Waals surface area contributed by atoms with Crippen LogP contribution >= 0.6 is 15.9 Å². The van der Waals surface area contributed by atoms with Crippen molar-refractivity contribution in [2.24, 2.45) is 0 Å². The van der Waals surface area contributed by atoms with E-state index in [0.29, 0.717) is 21.2 Å². The van der Waals surface area contributed by atoms with Gasteiger partial charge in [0.05, 0.1) is 11.1 Å². The molecule has 0 amide bonds. The van der Waals surface area contributed by atoms with E-state index in [1.165, 1.54) is 4.57 Å². The molecule has 0 aliphatic heterocycles. The summed E-state index contributed by atoms with van der Waals surface area (Å²) in [6.07, 6.45) is 1.56. The summed E-state index contributed by atoms with van der Waals surface area (Å²) in [5.74, 6) is 0. The van der Waals surface area contributed by atoms with E-state index in [2.05, 4.69) is 25.9 Å². The van der Waals surface area contributed by atoms with Gasteiger partial charge in [-0.25, -0.2) is 14.3 Å². The van der Waals surface area contributed by atoms with Crippen LogP contribution in [0.3, 0.4) is 0 Å². The van der Waals surface area contributed by atoms with Crippen molar-refractivity contribution in [2.45, 2.75) is 0 Å². The maximum absolute atomic E-state index is 12.0. The molecule has 0 saturated heterocycles. The first-order valence-corrected chi connectivity index (χ1v) is 6.32. The Hall–Kier alpha value is -2.21. The van der Waals surface area contributed by atoms with Crippen molar-refractivity contribution in [1.82, 2.24) is 14.5 Å². The minimum Gasteiger partial charge on any atom is -0.273 e. The minimum absolute atomic E-state index is 0.336. The highest BCUT2D eigenvalue weighted by molar-refractivity contribution is 9.10. The number of para-hydroxylation sites is 1. The number of H-pyrrole nitrogens is 1. The van der Waals surface area contributed by atoms with Crippen LogP contribution in [-0.2, 0) is 0 Å². The summed E-state index contributed by atoms with van der Waals surface area (Å²) in [7, 11) is 0. The quantitative estimate of drug-likeness (QED) is 0.744. The largest absolute Gasteiger partial charge is 0.334 e. The molecule has 3 rings (SSSR count). The Kier molecular flexibility index (Phi) is 2.79. The van der Waals surface area contributed by atoms with Crippen molar-refractivity contribution in [2.75, 3.05) is 0 Å². The number of benzene rings is 1. The van der Waals surface area contributed by atoms with Gasteiger partial charge < -0.3 is 0 Å². The second-order valence-corrected chi connectivity index (χ2v) is 4.87. The van der Waals surface area contributed by atoms with Crippen molar-refractivity contribution in [3.8, 4) is 5.69 Å². The zero-order chi connectivity index (χ0) is 13.4. The maximum Gasteiger partial charge on any atom is 0.334 e. The first kappa shape index (κ1) is 11.9. The molecule has 1 aromatic carbocycles. The number of hydrogen-bond donors (Lipinski definition) is 1. The third kappa shape index (κ3) is 2.00. The number of pyridine rings is 1. The molecule has 0 bridgehead atoms. The Morgan fingerprint density at radius 2 is 1.89 bits per heavy atom. The summed E-state index contributed by atoms with van der Waals surface area (Å²) in [5, 5.41) is 0.359. The molecule has 1 N–H and O–H groups in total. The van der Waals surface area contributed by atoms with E-state index in [0.717, 1.165) is 0 Å². The van der Waals surface area contributed by atoms with Gasteiger partial charge in [0.15, 0.2) is 5.65 Å². The van der Waals surface area contributed by atoms with Crippen LogP contribution in [0, 0.1) is 0 Å². The summed E-state index contributed by atoms with van der Waals surface area (Å²) in [6, 6.07) is 10.7. The second-order valence-electron chi connectivity index (χ2n) is 3.95. The predicted molar refractivity (Wildman–Crippen MR) is 75.7 cm³/mol. The molecule has 2 heterocycles. The Labute approximate surface area is 115 Å². The summed E-state index contributed by atoms with van der Waals surface area (Å²) in [5.41, 5.74) is 0.0474. The number of aromatic nitrogens is 3. The van der Waals surface area contributed by atoms with Gasteiger partial charge in [0.1, 0.15) is 0 Å². The van der Waals surface area contributed by atoms with Crippen molar-refractivity contribution in [1.29, 1.82) is 0 Å². The molecule has 94 valence electrons. The molecule has 2 aromatic heterocycles. The Bertz CT molecular complexity index is 868. The van der Waals surface area contributed by atoms with Gasteiger partial charge in [0.2, 0.25) is 0 Å². The lowest BCUT2D eigenvalue weighted by Gasteiger charge is -2.08. The molecule has 0 spiro atoms. The zero-order valence-electron chi connectivity index (χ0n) is 9.63. The van der Waals surface area contributed by atoms with Crippen LogP contribution in [-0.4, -0.2) is 14.5 Å². The van der Waals surface area contributed by atoms with Crippen molar-refractivity contribution < 1.29 is 0 Å². The third-order valence-corrected chi connectivity index (χ3v) is 3.16. The van der Waals surface area contributed by atoms with Gasteiger partial charge >= 0.3 is 5.69 Å². The number of aromatic amines is 1. The topological polar surface area (TPSA) is 67.8 Å². The van der Waals surface area contributed by atoms with Gasteiger partial charge in [0, 0.05) is 10.7 Å². The average Bonchev–Trinajstić information content (AvgIpc) is 2.41. The van der Waals surface area contributed by atoms with Gasteiger partial charge in [-0.05, 0) is 34.1 Å². The van der Waals surface area contributed by atoms with E-state index in [9.17, 15) is 9.59 Å². The molecule has 19 heavy (non-hydrogen) atoms. The van der Waals surface area contributed by atoms with E-state index in [-0.39, 0.29) is 0 Å². The Morgan fingerprint density at radius 1 is 1.16 bits per heavy atom. The smallest absolute Gasteiger partial charge is 0.273 e. The third-order valence-electron chi connectivity index (χ3n) is 2.73. The zero-order valence-corrected chi connectivity index (χ0v) is 11.2. The summed E-state index contributed by atoms with van der Waals surface area (Å²) in [6.45, 7) is 0. The van der Waals surface area contributed by atoms with E-state index < -0.39 is 11.2 Å². The highest BCUT2D eigenvalue weighted by Gasteiger charge is 2.10. The fraction of sp³-hybridized carbons (Fsp3) is 0. The van der Waals surface area contributed by atoms with Gasteiger partial charge in [0.25, 0.3) is 5.56 Å². The van der Waals surface area contributed by atoms with E-state index in [4.69, 9.17) is 0 Å². The molecule has 3 aromatic rings. The number of nitrogens with zero attached hydrogens (tertiary/aromatic N) is 2. The lowest BCUT2D eigenvalue weighted by atomic mass is 10.3. The Morgan fingerprint density at radius 3 is 2.63 bits per heavy atom. The minimum atomic E-state index is -0.501. The standard InChI is InChI=1S/C13H8BrN3O2/c14-8-6-10-11(15-7-8)17(13(19)16-12(10)18)9-4-2-1-3-5-9/h1-7H,(H,16,18,19). The second kappa shape index (κ2) is 4.47. The first-order valence-electron chi connectivity index (χ1n) is 5.53. The molecule has 6 heteroatoms. The van der Waals surface area contributed by atoms with Gasteiger partial charge in [-0.15, -0.1) is 0 Å². The van der Waals surface area contributed by atoms with Crippen LogP contribution in [0.1, 0.15) is 0 Å². The molecule has 0 saturated carbocycles. The van der Waals surface area contributed by atoms with Crippen molar-refractivity contribution in [3.05, 3.63) is 67.9 Å². The number of fused-ring (bicyclic) bond motifs is 1. The summed E-state index contributed by atoms with van der Waals surface area (Å²) in [4.78, 5) is 30.3. The summed E-state index contributed by atoms with van der Waals surface area (Å²) >= 11 is 3.26. The number of rotatable bonds is 1. The molecular formula is C13H8BrN3O2. The lowest BCUT2D eigenvalue weighted by Crippen LogP contribution is -2.29. The van der Waals surface area contributed by atoms with Crippen molar-refractivity contribution >= 4 is 27.0 Å². The molecule has 0 aliphatic carbocycles. The van der Waals surface area contributed by atoms with Gasteiger partial charge in [-0.3, -0.25) is 9.78 Å². The van der Waals surface area contributed by atoms with Crippen LogP contribution in [0.5, 0.6) is 0 Å².